The van der Waals surface area contributed by atoms with E-state index in [-0.39, 0.29) is 18.4 Å². The van der Waals surface area contributed by atoms with Crippen molar-refractivity contribution in [2.75, 3.05) is 27.0 Å². The smallest absolute Gasteiger partial charge is 0.340 e. The molecule has 19 heavy (non-hydrogen) atoms. The number of carbonyl (C=O) groups excluding carboxylic acids is 1. The summed E-state index contributed by atoms with van der Waals surface area (Å²) in [6.07, 6.45) is 0. The number of carbonyl (C=O) groups is 1. The van der Waals surface area contributed by atoms with E-state index in [0.717, 1.165) is 5.01 Å². The number of nitrogens with zero attached hydrogens (tertiary/aromatic N) is 2. The molecular formula is C11H16N3O5-. The van der Waals surface area contributed by atoms with E-state index < -0.39 is 12.8 Å². The van der Waals surface area contributed by atoms with Crippen LogP contribution in [-0.4, -0.2) is 48.4 Å². The molecule has 0 amide bonds. The van der Waals surface area contributed by atoms with E-state index in [2.05, 4.69) is 4.84 Å². The Balaban J connectivity index is 2.19. The van der Waals surface area contributed by atoms with Gasteiger partial charge in [-0.1, -0.05) is 18.2 Å². The van der Waals surface area contributed by atoms with Gasteiger partial charge in [0.25, 0.3) is 0 Å². The van der Waals surface area contributed by atoms with Gasteiger partial charge in [-0.05, 0) is 12.1 Å². The molecule has 8 heteroatoms. The van der Waals surface area contributed by atoms with Crippen LogP contribution in [0.5, 0.6) is 0 Å². The topological polar surface area (TPSA) is 97.3 Å². The third-order valence-corrected chi connectivity index (χ3v) is 2.13. The predicted octanol–water partition coefficient (Wildman–Crippen LogP) is -0.124. The second-order valence-electron chi connectivity index (χ2n) is 3.53. The Morgan fingerprint density at radius 3 is 2.74 bits per heavy atom. The first-order valence-corrected chi connectivity index (χ1v) is 5.54. The van der Waals surface area contributed by atoms with E-state index in [1.165, 1.54) is 7.05 Å². The van der Waals surface area contributed by atoms with Gasteiger partial charge in [0.05, 0.1) is 12.2 Å². The summed E-state index contributed by atoms with van der Waals surface area (Å²) in [7, 11) is 1.45. The summed E-state index contributed by atoms with van der Waals surface area (Å²) in [5.41, 5.74) is 2.38. The Bertz CT molecular complexity index is 376. The van der Waals surface area contributed by atoms with Crippen LogP contribution in [0.15, 0.2) is 30.3 Å². The number of aliphatic hydroxyl groups is 1. The summed E-state index contributed by atoms with van der Waals surface area (Å²) in [6.45, 7) is -0.441. The zero-order valence-corrected chi connectivity index (χ0v) is 10.5. The molecule has 106 valence electrons. The van der Waals surface area contributed by atoms with Gasteiger partial charge >= 0.3 is 5.97 Å². The average molecular weight is 270 g/mol. The fraction of sp³-hybridized carbons (Fsp3) is 0.364. The van der Waals surface area contributed by atoms with E-state index in [1.807, 2.05) is 5.59 Å². The van der Waals surface area contributed by atoms with E-state index in [1.54, 1.807) is 30.3 Å². The van der Waals surface area contributed by atoms with Crippen LogP contribution in [0.4, 0.5) is 0 Å². The fourth-order valence-corrected chi connectivity index (χ4v) is 1.13. The lowest BCUT2D eigenvalue weighted by Crippen LogP contribution is -2.46. The van der Waals surface area contributed by atoms with Gasteiger partial charge in [0, 0.05) is 13.6 Å². The third-order valence-electron chi connectivity index (χ3n) is 2.13. The molecule has 0 aliphatic rings. The van der Waals surface area contributed by atoms with Crippen molar-refractivity contribution in [3.63, 3.8) is 0 Å². The monoisotopic (exact) mass is 270 g/mol. The highest BCUT2D eigenvalue weighted by atomic mass is 16.8. The lowest BCUT2D eigenvalue weighted by Gasteiger charge is -2.35. The molecule has 1 rings (SSSR count). The molecule has 0 aliphatic heterocycles. The number of hydrazine groups is 2. The molecule has 0 spiro atoms. The van der Waals surface area contributed by atoms with E-state index in [0.29, 0.717) is 5.56 Å². The first-order valence-electron chi connectivity index (χ1n) is 5.54. The molecule has 0 aliphatic carbocycles. The van der Waals surface area contributed by atoms with Gasteiger partial charge in [-0.15, -0.1) is 5.59 Å². The number of esters is 1. The molecule has 0 saturated heterocycles. The Kier molecular flexibility index (Phi) is 6.97. The zero-order chi connectivity index (χ0) is 14.1. The van der Waals surface area contributed by atoms with Crippen molar-refractivity contribution < 1.29 is 19.5 Å². The zero-order valence-electron chi connectivity index (χ0n) is 10.5. The molecule has 0 fully saturated rings. The molecule has 0 heterocycles. The van der Waals surface area contributed by atoms with Crippen molar-refractivity contribution in [3.05, 3.63) is 41.1 Å². The third kappa shape index (κ3) is 5.75. The minimum Gasteiger partial charge on any atom is -0.756 e. The van der Waals surface area contributed by atoms with Gasteiger partial charge in [0.2, 0.25) is 6.79 Å². The van der Waals surface area contributed by atoms with Gasteiger partial charge in [0.15, 0.2) is 0 Å². The molecule has 0 unspecified atom stereocenters. The molecule has 1 aromatic rings. The number of ether oxygens (including phenoxy) is 1. The van der Waals surface area contributed by atoms with Crippen molar-refractivity contribution in [3.8, 4) is 0 Å². The molecule has 8 nitrogen and oxygen atoms in total. The van der Waals surface area contributed by atoms with Crippen LogP contribution in [-0.2, 0) is 9.57 Å². The summed E-state index contributed by atoms with van der Waals surface area (Å²) >= 11 is 0. The second kappa shape index (κ2) is 8.53. The van der Waals surface area contributed by atoms with Crippen LogP contribution < -0.4 is 5.59 Å². The Morgan fingerprint density at radius 2 is 2.11 bits per heavy atom. The largest absolute Gasteiger partial charge is 0.756 e. The van der Waals surface area contributed by atoms with Crippen molar-refractivity contribution in [1.82, 2.24) is 15.9 Å². The standard InChI is InChI=1S/C11H16N3O5/c1-13(7-8-15)14(17)12-19-9-18-11(16)10-5-3-2-4-6-10/h2-6,12,15H,7-9H2,1H3/q-1. The van der Waals surface area contributed by atoms with Crippen LogP contribution in [0.1, 0.15) is 10.4 Å². The SMILES string of the molecule is CN(CCO)N([O-])NOCOC(=O)c1ccccc1. The summed E-state index contributed by atoms with van der Waals surface area (Å²) in [6, 6.07) is 8.40. The molecule has 0 bridgehead atoms. The predicted molar refractivity (Wildman–Crippen MR) is 65.9 cm³/mol. The number of hydrogen-bond donors (Lipinski definition) is 2. The average Bonchev–Trinajstić information content (AvgIpc) is 2.44. The van der Waals surface area contributed by atoms with Gasteiger partial charge in [0.1, 0.15) is 0 Å². The number of benzene rings is 1. The Morgan fingerprint density at radius 1 is 1.42 bits per heavy atom. The highest BCUT2D eigenvalue weighted by Gasteiger charge is 2.05. The van der Waals surface area contributed by atoms with Gasteiger partial charge in [-0.2, -0.15) is 0 Å². The summed E-state index contributed by atoms with van der Waals surface area (Å²) in [4.78, 5) is 16.1. The second-order valence-corrected chi connectivity index (χ2v) is 3.53. The van der Waals surface area contributed by atoms with E-state index >= 15 is 0 Å². The maximum atomic E-state index is 11.5. The first-order chi connectivity index (χ1) is 9.15. The van der Waals surface area contributed by atoms with Crippen molar-refractivity contribution in [1.29, 1.82) is 0 Å². The van der Waals surface area contributed by atoms with Gasteiger partial charge in [-0.25, -0.2) is 19.9 Å². The van der Waals surface area contributed by atoms with Gasteiger partial charge < -0.3 is 15.1 Å². The Hall–Kier alpha value is -1.55. The molecule has 1 aromatic carbocycles. The number of aliphatic hydroxyl groups excluding tert-OH is 1. The highest BCUT2D eigenvalue weighted by Crippen LogP contribution is 2.00. The number of hydrogen-bond acceptors (Lipinski definition) is 8. The lowest BCUT2D eigenvalue weighted by molar-refractivity contribution is -0.187. The van der Waals surface area contributed by atoms with Crippen molar-refractivity contribution >= 4 is 5.97 Å². The molecule has 2 N–H and O–H groups in total. The fourth-order valence-electron chi connectivity index (χ4n) is 1.13. The van der Waals surface area contributed by atoms with E-state index in [4.69, 9.17) is 9.84 Å². The molecule has 0 atom stereocenters. The first kappa shape index (κ1) is 15.5. The summed E-state index contributed by atoms with van der Waals surface area (Å²) in [5, 5.41) is 21.2. The maximum Gasteiger partial charge on any atom is 0.340 e. The molecular weight excluding hydrogens is 254 g/mol. The summed E-state index contributed by atoms with van der Waals surface area (Å²) in [5.74, 6) is -0.552. The van der Waals surface area contributed by atoms with Gasteiger partial charge in [-0.3, -0.25) is 0 Å². The Labute approximate surface area is 110 Å². The highest BCUT2D eigenvalue weighted by molar-refractivity contribution is 5.89. The van der Waals surface area contributed by atoms with Crippen LogP contribution in [0.2, 0.25) is 0 Å². The molecule has 0 aromatic heterocycles. The van der Waals surface area contributed by atoms with Crippen LogP contribution in [0.25, 0.3) is 0 Å². The van der Waals surface area contributed by atoms with Crippen molar-refractivity contribution in [2.45, 2.75) is 0 Å². The lowest BCUT2D eigenvalue weighted by atomic mass is 10.2. The number of rotatable bonds is 8. The quantitative estimate of drug-likeness (QED) is 0.292. The maximum absolute atomic E-state index is 11.5. The van der Waals surface area contributed by atoms with Crippen LogP contribution in [0.3, 0.4) is 0 Å². The minimum atomic E-state index is -0.552. The van der Waals surface area contributed by atoms with Crippen LogP contribution >= 0.6 is 0 Å². The molecule has 0 radical (unpaired) electrons. The number of likely N-dealkylation sites (N-methyl/N-ethyl adjacent to an activating group) is 1. The van der Waals surface area contributed by atoms with Crippen LogP contribution in [0, 0.1) is 5.21 Å². The van der Waals surface area contributed by atoms with Crippen molar-refractivity contribution in [2.24, 2.45) is 0 Å². The molecule has 0 saturated carbocycles. The number of nitrogens with one attached hydrogen (secondary N) is 1. The minimum absolute atomic E-state index is 0.143. The summed E-state index contributed by atoms with van der Waals surface area (Å²) < 4.78 is 4.76. The van der Waals surface area contributed by atoms with E-state index in [9.17, 15) is 10.0 Å². The normalized spacial score (nSPS) is 11.0.